The number of fused-ring (bicyclic) bond motifs is 1. The van der Waals surface area contributed by atoms with Crippen molar-refractivity contribution in [2.45, 2.75) is 33.0 Å². The first kappa shape index (κ1) is 16.5. The number of hydrogen-bond acceptors (Lipinski definition) is 3. The standard InChI is InChI=1S/C19H22FN3O/c1-4-23-17-8-6-5-7-16(17)22-19(23)12-21-13(2)14-9-10-18(24-3)15(20)11-14/h5-11,13,21H,4,12H2,1-3H3/t13-/m0/s1. The van der Waals surface area contributed by atoms with Crippen LogP contribution in [0.1, 0.15) is 31.3 Å². The lowest BCUT2D eigenvalue weighted by molar-refractivity contribution is 0.385. The maximum atomic E-state index is 13.9. The molecule has 0 radical (unpaired) electrons. The highest BCUT2D eigenvalue weighted by atomic mass is 19.1. The van der Waals surface area contributed by atoms with Crippen LogP contribution in [0, 0.1) is 5.82 Å². The molecule has 3 rings (SSSR count). The Labute approximate surface area is 141 Å². The Morgan fingerprint density at radius 2 is 2.04 bits per heavy atom. The number of halogens is 1. The molecule has 4 nitrogen and oxygen atoms in total. The molecule has 0 spiro atoms. The molecule has 0 amide bonds. The van der Waals surface area contributed by atoms with Crippen LogP contribution in [0.15, 0.2) is 42.5 Å². The number of rotatable bonds is 6. The SMILES string of the molecule is CCn1c(CN[C@@H](C)c2ccc(OC)c(F)c2)nc2ccccc21. The van der Waals surface area contributed by atoms with E-state index in [2.05, 4.69) is 22.9 Å². The fraction of sp³-hybridized carbons (Fsp3) is 0.316. The molecule has 126 valence electrons. The van der Waals surface area contributed by atoms with Crippen LogP contribution < -0.4 is 10.1 Å². The van der Waals surface area contributed by atoms with E-state index < -0.39 is 0 Å². The predicted octanol–water partition coefficient (Wildman–Crippen LogP) is 4.05. The van der Waals surface area contributed by atoms with E-state index in [1.165, 1.54) is 13.2 Å². The summed E-state index contributed by atoms with van der Waals surface area (Å²) in [6.45, 7) is 5.61. The molecule has 0 aliphatic rings. The fourth-order valence-corrected chi connectivity index (χ4v) is 2.93. The van der Waals surface area contributed by atoms with Crippen LogP contribution in [-0.4, -0.2) is 16.7 Å². The van der Waals surface area contributed by atoms with E-state index in [0.29, 0.717) is 6.54 Å². The van der Waals surface area contributed by atoms with Gasteiger partial charge in [-0.2, -0.15) is 0 Å². The number of nitrogens with zero attached hydrogens (tertiary/aromatic N) is 2. The van der Waals surface area contributed by atoms with Crippen molar-refractivity contribution in [2.75, 3.05) is 7.11 Å². The van der Waals surface area contributed by atoms with Crippen molar-refractivity contribution in [1.29, 1.82) is 0 Å². The number of ether oxygens (including phenoxy) is 1. The Kier molecular flexibility index (Phi) is 4.81. The average Bonchev–Trinajstić information content (AvgIpc) is 2.97. The quantitative estimate of drug-likeness (QED) is 0.742. The summed E-state index contributed by atoms with van der Waals surface area (Å²) in [5, 5.41) is 3.42. The molecule has 1 heterocycles. The molecule has 0 fully saturated rings. The molecule has 1 N–H and O–H groups in total. The fourth-order valence-electron chi connectivity index (χ4n) is 2.93. The zero-order chi connectivity index (χ0) is 17.1. The summed E-state index contributed by atoms with van der Waals surface area (Å²) in [5.74, 6) is 0.905. The topological polar surface area (TPSA) is 39.1 Å². The molecule has 2 aromatic carbocycles. The molecule has 0 saturated carbocycles. The molecule has 24 heavy (non-hydrogen) atoms. The highest BCUT2D eigenvalue weighted by Gasteiger charge is 2.12. The lowest BCUT2D eigenvalue weighted by Gasteiger charge is -2.15. The van der Waals surface area contributed by atoms with Crippen molar-refractivity contribution in [3.8, 4) is 5.75 Å². The molecule has 0 aliphatic carbocycles. The van der Waals surface area contributed by atoms with E-state index in [9.17, 15) is 4.39 Å². The molecule has 5 heteroatoms. The molecule has 3 aromatic rings. The number of aryl methyl sites for hydroxylation is 1. The number of para-hydroxylation sites is 2. The number of nitrogens with one attached hydrogen (secondary N) is 1. The van der Waals surface area contributed by atoms with Crippen molar-refractivity contribution >= 4 is 11.0 Å². The van der Waals surface area contributed by atoms with Crippen molar-refractivity contribution < 1.29 is 9.13 Å². The molecular weight excluding hydrogens is 305 g/mol. The second kappa shape index (κ2) is 7.01. The van der Waals surface area contributed by atoms with E-state index in [1.54, 1.807) is 6.07 Å². The first-order chi connectivity index (χ1) is 11.6. The summed E-state index contributed by atoms with van der Waals surface area (Å²) in [7, 11) is 1.47. The highest BCUT2D eigenvalue weighted by molar-refractivity contribution is 5.75. The number of imidazole rings is 1. The molecule has 0 saturated heterocycles. The minimum Gasteiger partial charge on any atom is -0.494 e. The molecule has 0 unspecified atom stereocenters. The van der Waals surface area contributed by atoms with Crippen LogP contribution in [0.2, 0.25) is 0 Å². The van der Waals surface area contributed by atoms with Crippen molar-refractivity contribution in [2.24, 2.45) is 0 Å². The number of methoxy groups -OCH3 is 1. The number of benzene rings is 2. The summed E-state index contributed by atoms with van der Waals surface area (Å²) >= 11 is 0. The van der Waals surface area contributed by atoms with Crippen molar-refractivity contribution in [3.05, 3.63) is 59.7 Å². The number of aromatic nitrogens is 2. The summed E-state index contributed by atoms with van der Waals surface area (Å²) in [6, 6.07) is 13.2. The third-order valence-electron chi connectivity index (χ3n) is 4.29. The Hall–Kier alpha value is -2.40. The minimum absolute atomic E-state index is 0.00974. The van der Waals surface area contributed by atoms with Crippen LogP contribution in [-0.2, 0) is 13.1 Å². The Morgan fingerprint density at radius 3 is 2.75 bits per heavy atom. The van der Waals surface area contributed by atoms with Gasteiger partial charge >= 0.3 is 0 Å². The minimum atomic E-state index is -0.343. The summed E-state index contributed by atoms with van der Waals surface area (Å²) in [6.07, 6.45) is 0. The van der Waals surface area contributed by atoms with E-state index in [0.717, 1.165) is 29.0 Å². The van der Waals surface area contributed by atoms with Gasteiger partial charge in [0.1, 0.15) is 5.82 Å². The molecular formula is C19H22FN3O. The average molecular weight is 327 g/mol. The van der Waals surface area contributed by atoms with Gasteiger partial charge in [0.05, 0.1) is 24.7 Å². The second-order valence-corrected chi connectivity index (χ2v) is 5.76. The van der Waals surface area contributed by atoms with Crippen LogP contribution in [0.3, 0.4) is 0 Å². The second-order valence-electron chi connectivity index (χ2n) is 5.76. The van der Waals surface area contributed by atoms with Gasteiger partial charge in [-0.1, -0.05) is 18.2 Å². The molecule has 0 bridgehead atoms. The summed E-state index contributed by atoms with van der Waals surface area (Å²) in [4.78, 5) is 4.70. The van der Waals surface area contributed by atoms with Crippen LogP contribution in [0.5, 0.6) is 5.75 Å². The van der Waals surface area contributed by atoms with Crippen molar-refractivity contribution in [1.82, 2.24) is 14.9 Å². The van der Waals surface area contributed by atoms with Crippen LogP contribution in [0.25, 0.3) is 11.0 Å². The third kappa shape index (κ3) is 3.12. The summed E-state index contributed by atoms with van der Waals surface area (Å²) in [5.41, 5.74) is 3.02. The first-order valence-corrected chi connectivity index (χ1v) is 8.15. The Balaban J connectivity index is 1.77. The van der Waals surface area contributed by atoms with Gasteiger partial charge in [-0.15, -0.1) is 0 Å². The molecule has 0 aliphatic heterocycles. The zero-order valence-electron chi connectivity index (χ0n) is 14.2. The van der Waals surface area contributed by atoms with Crippen LogP contribution >= 0.6 is 0 Å². The lowest BCUT2D eigenvalue weighted by atomic mass is 10.1. The molecule has 1 atom stereocenters. The van der Waals surface area contributed by atoms with Gasteiger partial charge in [0.2, 0.25) is 0 Å². The Bertz CT molecular complexity index is 844. The van der Waals surface area contributed by atoms with E-state index >= 15 is 0 Å². The maximum Gasteiger partial charge on any atom is 0.165 e. The number of hydrogen-bond donors (Lipinski definition) is 1. The van der Waals surface area contributed by atoms with Crippen LogP contribution in [0.4, 0.5) is 4.39 Å². The van der Waals surface area contributed by atoms with E-state index in [-0.39, 0.29) is 17.6 Å². The normalized spacial score (nSPS) is 12.5. The highest BCUT2D eigenvalue weighted by Crippen LogP contribution is 2.22. The maximum absolute atomic E-state index is 13.9. The van der Waals surface area contributed by atoms with Gasteiger partial charge in [0, 0.05) is 12.6 Å². The van der Waals surface area contributed by atoms with Gasteiger partial charge in [0.25, 0.3) is 0 Å². The lowest BCUT2D eigenvalue weighted by Crippen LogP contribution is -2.20. The summed E-state index contributed by atoms with van der Waals surface area (Å²) < 4.78 is 21.0. The monoisotopic (exact) mass is 327 g/mol. The van der Waals surface area contributed by atoms with Crippen molar-refractivity contribution in [3.63, 3.8) is 0 Å². The molecule has 1 aromatic heterocycles. The van der Waals surface area contributed by atoms with Gasteiger partial charge in [0.15, 0.2) is 11.6 Å². The van der Waals surface area contributed by atoms with E-state index in [4.69, 9.17) is 9.72 Å². The largest absolute Gasteiger partial charge is 0.494 e. The van der Waals surface area contributed by atoms with Gasteiger partial charge < -0.3 is 14.6 Å². The van der Waals surface area contributed by atoms with Gasteiger partial charge in [-0.3, -0.25) is 0 Å². The van der Waals surface area contributed by atoms with Gasteiger partial charge in [-0.05, 0) is 43.7 Å². The first-order valence-electron chi connectivity index (χ1n) is 8.15. The van der Waals surface area contributed by atoms with Gasteiger partial charge in [-0.25, -0.2) is 9.37 Å². The Morgan fingerprint density at radius 1 is 1.25 bits per heavy atom. The van der Waals surface area contributed by atoms with E-state index in [1.807, 2.05) is 31.2 Å². The third-order valence-corrected chi connectivity index (χ3v) is 4.29. The predicted molar refractivity (Wildman–Crippen MR) is 93.6 cm³/mol. The zero-order valence-corrected chi connectivity index (χ0v) is 14.2. The smallest absolute Gasteiger partial charge is 0.165 e.